The molecule has 3 aromatic rings. The van der Waals surface area contributed by atoms with Gasteiger partial charge in [-0.2, -0.15) is 0 Å². The number of nitrogens with zero attached hydrogens (tertiary/aromatic N) is 3. The van der Waals surface area contributed by atoms with Crippen molar-refractivity contribution >= 4 is 34.0 Å². The van der Waals surface area contributed by atoms with E-state index in [0.29, 0.717) is 5.02 Å². The van der Waals surface area contributed by atoms with Crippen LogP contribution in [0.1, 0.15) is 55.3 Å². The summed E-state index contributed by atoms with van der Waals surface area (Å²) in [7, 11) is 0. The van der Waals surface area contributed by atoms with Crippen LogP contribution in [0.15, 0.2) is 42.6 Å². The maximum absolute atomic E-state index is 13.3. The molecule has 6 rings (SSSR count). The van der Waals surface area contributed by atoms with Gasteiger partial charge in [-0.15, -0.1) is 0 Å². The van der Waals surface area contributed by atoms with Crippen LogP contribution in [0.5, 0.6) is 5.75 Å². The number of phenolic OH excluding ortho intramolecular Hbond substituents is 1. The molecule has 0 amide bonds. The summed E-state index contributed by atoms with van der Waals surface area (Å²) in [6.07, 6.45) is 10.1. The van der Waals surface area contributed by atoms with E-state index < -0.39 is 0 Å². The number of aromatic nitrogens is 1. The highest BCUT2D eigenvalue weighted by Crippen LogP contribution is 2.41. The van der Waals surface area contributed by atoms with Crippen LogP contribution in [0.3, 0.4) is 0 Å². The number of likely N-dealkylation sites (tertiary alicyclic amines) is 1. The Kier molecular flexibility index (Phi) is 6.61. The number of halogens is 1. The molecule has 2 saturated heterocycles. The quantitative estimate of drug-likeness (QED) is 0.370. The van der Waals surface area contributed by atoms with Gasteiger partial charge in [0.15, 0.2) is 5.78 Å². The van der Waals surface area contributed by atoms with Crippen molar-refractivity contribution in [2.75, 3.05) is 37.6 Å². The van der Waals surface area contributed by atoms with Gasteiger partial charge in [-0.25, -0.2) is 0 Å². The topological polar surface area (TPSA) is 56.7 Å². The van der Waals surface area contributed by atoms with Crippen molar-refractivity contribution in [3.8, 4) is 16.9 Å². The Morgan fingerprint density at radius 1 is 0.972 bits per heavy atom. The van der Waals surface area contributed by atoms with Crippen molar-refractivity contribution in [1.82, 2.24) is 9.88 Å². The van der Waals surface area contributed by atoms with Crippen LogP contribution >= 0.6 is 11.6 Å². The molecule has 0 atom stereocenters. The van der Waals surface area contributed by atoms with E-state index in [2.05, 4.69) is 15.9 Å². The van der Waals surface area contributed by atoms with Gasteiger partial charge in [0.1, 0.15) is 5.75 Å². The number of benzene rings is 2. The molecule has 36 heavy (non-hydrogen) atoms. The lowest BCUT2D eigenvalue weighted by atomic mass is 9.91. The van der Waals surface area contributed by atoms with E-state index in [1.54, 1.807) is 12.1 Å². The molecule has 0 spiro atoms. The van der Waals surface area contributed by atoms with Crippen LogP contribution in [0.4, 0.5) is 5.69 Å². The number of Topliss-reactive ketones (excluding diaryl/α,β-unsaturated/α-hetero) is 1. The Balaban J connectivity index is 1.31. The minimum atomic E-state index is 0.0773. The number of anilines is 1. The summed E-state index contributed by atoms with van der Waals surface area (Å²) in [5.41, 5.74) is 4.68. The maximum atomic E-state index is 13.3. The standard InChI is InChI=1S/C30H34ClN3O2/c31-26-18-23(6-8-28(26)35)22-5-7-27-24(17-22)29(25(19-32-27)30(36)21-3-4-21)34-15-10-20(11-16-34)9-14-33-12-1-2-13-33/h5-8,17-21,35H,1-4,9-16H2. The maximum Gasteiger partial charge on any atom is 0.169 e. The van der Waals surface area contributed by atoms with E-state index in [9.17, 15) is 9.90 Å². The van der Waals surface area contributed by atoms with Gasteiger partial charge in [0, 0.05) is 30.6 Å². The molecule has 2 aromatic carbocycles. The predicted molar refractivity (Wildman–Crippen MR) is 146 cm³/mol. The van der Waals surface area contributed by atoms with Gasteiger partial charge in [0.2, 0.25) is 0 Å². The number of carbonyl (C=O) groups excluding carboxylic acids is 1. The van der Waals surface area contributed by atoms with Crippen molar-refractivity contribution in [3.63, 3.8) is 0 Å². The molecule has 3 fully saturated rings. The Bertz CT molecular complexity index is 1270. The van der Waals surface area contributed by atoms with E-state index >= 15 is 0 Å². The number of aromatic hydroxyl groups is 1. The molecule has 0 radical (unpaired) electrons. The molecule has 2 aliphatic heterocycles. The largest absolute Gasteiger partial charge is 0.506 e. The zero-order valence-electron chi connectivity index (χ0n) is 20.8. The number of piperidine rings is 1. The van der Waals surface area contributed by atoms with Crippen LogP contribution in [-0.4, -0.2) is 53.5 Å². The normalized spacial score (nSPS) is 19.3. The lowest BCUT2D eigenvalue weighted by Crippen LogP contribution is -2.36. The fraction of sp³-hybridized carbons (Fsp3) is 0.467. The highest BCUT2D eigenvalue weighted by Gasteiger charge is 2.34. The summed E-state index contributed by atoms with van der Waals surface area (Å²) in [5, 5.41) is 11.2. The summed E-state index contributed by atoms with van der Waals surface area (Å²) in [5.74, 6) is 1.23. The minimum Gasteiger partial charge on any atom is -0.506 e. The van der Waals surface area contributed by atoms with Gasteiger partial charge < -0.3 is 14.9 Å². The molecular formula is C30H34ClN3O2. The van der Waals surface area contributed by atoms with Crippen molar-refractivity contribution in [2.24, 2.45) is 11.8 Å². The first-order chi connectivity index (χ1) is 17.6. The molecule has 3 heterocycles. The van der Waals surface area contributed by atoms with E-state index in [-0.39, 0.29) is 17.5 Å². The first-order valence-corrected chi connectivity index (χ1v) is 13.9. The highest BCUT2D eigenvalue weighted by atomic mass is 35.5. The second-order valence-electron chi connectivity index (χ2n) is 10.8. The first kappa shape index (κ1) is 23.7. The Hall–Kier alpha value is -2.63. The Morgan fingerprint density at radius 2 is 1.69 bits per heavy atom. The fourth-order valence-corrected chi connectivity index (χ4v) is 6.13. The number of ketones is 1. The first-order valence-electron chi connectivity index (χ1n) is 13.5. The average molecular weight is 504 g/mol. The zero-order chi connectivity index (χ0) is 24.6. The van der Waals surface area contributed by atoms with Crippen LogP contribution in [0.25, 0.3) is 22.0 Å². The molecule has 1 N–H and O–H groups in total. The summed E-state index contributed by atoms with van der Waals surface area (Å²) in [6.45, 7) is 5.72. The third-order valence-corrected chi connectivity index (χ3v) is 8.62. The second-order valence-corrected chi connectivity index (χ2v) is 11.2. The lowest BCUT2D eigenvalue weighted by Gasteiger charge is -2.36. The lowest BCUT2D eigenvalue weighted by molar-refractivity contribution is 0.0968. The molecule has 1 aromatic heterocycles. The van der Waals surface area contributed by atoms with Gasteiger partial charge in [-0.1, -0.05) is 23.7 Å². The van der Waals surface area contributed by atoms with Crippen LogP contribution < -0.4 is 4.90 Å². The summed E-state index contributed by atoms with van der Waals surface area (Å²) < 4.78 is 0. The highest BCUT2D eigenvalue weighted by molar-refractivity contribution is 6.32. The zero-order valence-corrected chi connectivity index (χ0v) is 21.5. The van der Waals surface area contributed by atoms with Gasteiger partial charge >= 0.3 is 0 Å². The molecule has 3 aliphatic rings. The van der Waals surface area contributed by atoms with Crippen molar-refractivity contribution in [2.45, 2.75) is 44.9 Å². The molecule has 5 nitrogen and oxygen atoms in total. The van der Waals surface area contributed by atoms with E-state index in [4.69, 9.17) is 16.6 Å². The Morgan fingerprint density at radius 3 is 2.42 bits per heavy atom. The molecule has 1 saturated carbocycles. The number of rotatable bonds is 7. The summed E-state index contributed by atoms with van der Waals surface area (Å²) in [6, 6.07) is 11.5. The Labute approximate surface area is 218 Å². The molecule has 1 aliphatic carbocycles. The number of pyridine rings is 1. The summed E-state index contributed by atoms with van der Waals surface area (Å²) >= 11 is 6.21. The van der Waals surface area contributed by atoms with E-state index in [1.165, 1.54) is 51.7 Å². The van der Waals surface area contributed by atoms with Crippen LogP contribution in [-0.2, 0) is 0 Å². The van der Waals surface area contributed by atoms with Crippen molar-refractivity contribution < 1.29 is 9.90 Å². The molecular weight excluding hydrogens is 470 g/mol. The van der Waals surface area contributed by atoms with Crippen LogP contribution in [0.2, 0.25) is 5.02 Å². The second kappa shape index (κ2) is 10.0. The van der Waals surface area contributed by atoms with Crippen molar-refractivity contribution in [1.29, 1.82) is 0 Å². The fourth-order valence-electron chi connectivity index (χ4n) is 5.95. The predicted octanol–water partition coefficient (Wildman–Crippen LogP) is 6.56. The SMILES string of the molecule is O=C(c1cnc2ccc(-c3ccc(O)c(Cl)c3)cc2c1N1CCC(CCN2CCCC2)CC1)C1CC1. The molecule has 188 valence electrons. The van der Waals surface area contributed by atoms with Crippen LogP contribution in [0, 0.1) is 11.8 Å². The van der Waals surface area contributed by atoms with Gasteiger partial charge in [0.05, 0.1) is 21.8 Å². The average Bonchev–Trinajstić information content (AvgIpc) is 3.63. The van der Waals surface area contributed by atoms with Gasteiger partial charge in [-0.05, 0) is 106 Å². The molecule has 0 unspecified atom stereocenters. The van der Waals surface area contributed by atoms with Crippen molar-refractivity contribution in [3.05, 3.63) is 53.2 Å². The van der Waals surface area contributed by atoms with Gasteiger partial charge in [0.25, 0.3) is 0 Å². The molecule has 0 bridgehead atoms. The number of hydrogen-bond donors (Lipinski definition) is 1. The minimum absolute atomic E-state index is 0.0773. The van der Waals surface area contributed by atoms with E-state index in [1.807, 2.05) is 24.4 Å². The number of phenols is 1. The van der Waals surface area contributed by atoms with Gasteiger partial charge in [-0.3, -0.25) is 9.78 Å². The third kappa shape index (κ3) is 4.83. The van der Waals surface area contributed by atoms with E-state index in [0.717, 1.165) is 65.1 Å². The third-order valence-electron chi connectivity index (χ3n) is 8.32. The number of fused-ring (bicyclic) bond motifs is 1. The number of hydrogen-bond acceptors (Lipinski definition) is 5. The monoisotopic (exact) mass is 503 g/mol. The smallest absolute Gasteiger partial charge is 0.169 e. The molecule has 6 heteroatoms. The summed E-state index contributed by atoms with van der Waals surface area (Å²) in [4.78, 5) is 23.1. The number of carbonyl (C=O) groups is 1.